The second-order valence-corrected chi connectivity index (χ2v) is 3.24. The highest BCUT2D eigenvalue weighted by atomic mass is 16.3. The van der Waals surface area contributed by atoms with Gasteiger partial charge >= 0.3 is 0 Å². The van der Waals surface area contributed by atoms with Crippen molar-refractivity contribution in [2.24, 2.45) is 0 Å². The van der Waals surface area contributed by atoms with Crippen LogP contribution >= 0.6 is 0 Å². The molecule has 0 spiro atoms. The van der Waals surface area contributed by atoms with E-state index in [1.165, 1.54) is 0 Å². The van der Waals surface area contributed by atoms with Crippen molar-refractivity contribution >= 4 is 12.1 Å². The summed E-state index contributed by atoms with van der Waals surface area (Å²) >= 11 is 0. The SMILES string of the molecule is CN1CCN(CO)CC1C(=O)C=O. The minimum atomic E-state index is -0.416. The Balaban J connectivity index is 2.59. The Labute approximate surface area is 76.9 Å². The molecular formula is C8H14N2O3. The number of Topliss-reactive ketones (excluding diaryl/α,β-unsaturated/α-hetero) is 1. The van der Waals surface area contributed by atoms with Gasteiger partial charge in [-0.2, -0.15) is 0 Å². The van der Waals surface area contributed by atoms with Gasteiger partial charge in [-0.25, -0.2) is 0 Å². The second-order valence-electron chi connectivity index (χ2n) is 3.24. The number of aliphatic hydroxyl groups is 1. The molecule has 1 heterocycles. The molecule has 0 bridgehead atoms. The van der Waals surface area contributed by atoms with Crippen LogP contribution in [0.4, 0.5) is 0 Å². The largest absolute Gasteiger partial charge is 0.381 e. The predicted molar refractivity (Wildman–Crippen MR) is 46.1 cm³/mol. The van der Waals surface area contributed by atoms with Crippen LogP contribution in [0.3, 0.4) is 0 Å². The standard InChI is InChI=1S/C8H14N2O3/c1-9-2-3-10(6-12)4-7(9)8(13)5-11/h5,7,12H,2-4,6H2,1H3. The quantitative estimate of drug-likeness (QED) is 0.421. The smallest absolute Gasteiger partial charge is 0.213 e. The van der Waals surface area contributed by atoms with Crippen LogP contribution in [0.1, 0.15) is 0 Å². The molecule has 0 radical (unpaired) electrons. The van der Waals surface area contributed by atoms with Gasteiger partial charge < -0.3 is 5.11 Å². The molecule has 1 atom stereocenters. The number of aliphatic hydroxyl groups excluding tert-OH is 1. The first-order valence-electron chi connectivity index (χ1n) is 4.21. The number of carbonyl (C=O) groups excluding carboxylic acids is 2. The number of hydrogen-bond acceptors (Lipinski definition) is 5. The van der Waals surface area contributed by atoms with Gasteiger partial charge in [0.15, 0.2) is 6.29 Å². The maximum atomic E-state index is 11.1. The maximum Gasteiger partial charge on any atom is 0.213 e. The van der Waals surface area contributed by atoms with E-state index < -0.39 is 11.8 Å². The summed E-state index contributed by atoms with van der Waals surface area (Å²) in [6, 6.07) is -0.390. The van der Waals surface area contributed by atoms with Crippen molar-refractivity contribution in [3.05, 3.63) is 0 Å². The number of nitrogens with zero attached hydrogens (tertiary/aromatic N) is 2. The lowest BCUT2D eigenvalue weighted by Crippen LogP contribution is -2.55. The van der Waals surface area contributed by atoms with Gasteiger partial charge in [-0.15, -0.1) is 0 Å². The van der Waals surface area contributed by atoms with Crippen molar-refractivity contribution in [2.45, 2.75) is 6.04 Å². The van der Waals surface area contributed by atoms with Gasteiger partial charge in [0.2, 0.25) is 5.78 Å². The van der Waals surface area contributed by atoms with Crippen LogP contribution in [-0.4, -0.2) is 66.4 Å². The molecule has 1 unspecified atom stereocenters. The third kappa shape index (κ3) is 2.33. The Morgan fingerprint density at radius 1 is 1.62 bits per heavy atom. The number of carbonyl (C=O) groups is 2. The summed E-state index contributed by atoms with van der Waals surface area (Å²) in [6.45, 7) is 1.81. The lowest BCUT2D eigenvalue weighted by atomic mass is 10.1. The molecule has 5 heteroatoms. The fourth-order valence-electron chi connectivity index (χ4n) is 1.44. The van der Waals surface area contributed by atoms with Gasteiger partial charge in [-0.05, 0) is 7.05 Å². The van der Waals surface area contributed by atoms with E-state index in [0.717, 1.165) is 6.54 Å². The van der Waals surface area contributed by atoms with E-state index in [4.69, 9.17) is 5.11 Å². The molecule has 0 saturated carbocycles. The van der Waals surface area contributed by atoms with Gasteiger partial charge in [0.05, 0.1) is 12.8 Å². The zero-order chi connectivity index (χ0) is 9.84. The van der Waals surface area contributed by atoms with E-state index in [-0.39, 0.29) is 6.73 Å². The Hall–Kier alpha value is -0.780. The molecular weight excluding hydrogens is 172 g/mol. The minimum absolute atomic E-state index is 0.0591. The summed E-state index contributed by atoms with van der Waals surface area (Å²) in [5.74, 6) is -0.416. The van der Waals surface area contributed by atoms with Crippen LogP contribution in [0.15, 0.2) is 0 Å². The molecule has 0 aromatic rings. The number of piperazine rings is 1. The lowest BCUT2D eigenvalue weighted by Gasteiger charge is -2.36. The molecule has 1 N–H and O–H groups in total. The first-order chi connectivity index (χ1) is 6.19. The first-order valence-corrected chi connectivity index (χ1v) is 4.21. The molecule has 0 aliphatic carbocycles. The van der Waals surface area contributed by atoms with E-state index in [0.29, 0.717) is 19.4 Å². The van der Waals surface area contributed by atoms with E-state index in [9.17, 15) is 9.59 Å². The van der Waals surface area contributed by atoms with Crippen molar-refractivity contribution < 1.29 is 14.7 Å². The van der Waals surface area contributed by atoms with Gasteiger partial charge in [0.1, 0.15) is 0 Å². The molecule has 1 aliphatic heterocycles. The Kier molecular flexibility index (Phi) is 3.53. The van der Waals surface area contributed by atoms with Gasteiger partial charge in [-0.3, -0.25) is 19.4 Å². The van der Waals surface area contributed by atoms with Crippen molar-refractivity contribution in [3.8, 4) is 0 Å². The molecule has 1 saturated heterocycles. The highest BCUT2D eigenvalue weighted by Gasteiger charge is 2.28. The van der Waals surface area contributed by atoms with Crippen molar-refractivity contribution in [3.63, 3.8) is 0 Å². The van der Waals surface area contributed by atoms with Crippen LogP contribution in [0.25, 0.3) is 0 Å². The molecule has 13 heavy (non-hydrogen) atoms. The highest BCUT2D eigenvalue weighted by Crippen LogP contribution is 2.06. The summed E-state index contributed by atoms with van der Waals surface area (Å²) in [5.41, 5.74) is 0. The third-order valence-corrected chi connectivity index (χ3v) is 2.38. The van der Waals surface area contributed by atoms with E-state index >= 15 is 0 Å². The first kappa shape index (κ1) is 10.3. The van der Waals surface area contributed by atoms with Crippen LogP contribution in [0.2, 0.25) is 0 Å². The fourth-order valence-corrected chi connectivity index (χ4v) is 1.44. The minimum Gasteiger partial charge on any atom is -0.381 e. The predicted octanol–water partition coefficient (Wildman–Crippen LogP) is -1.68. The normalized spacial score (nSPS) is 25.8. The molecule has 1 fully saturated rings. The Morgan fingerprint density at radius 3 is 2.85 bits per heavy atom. The zero-order valence-electron chi connectivity index (χ0n) is 7.64. The second kappa shape index (κ2) is 4.45. The highest BCUT2D eigenvalue weighted by molar-refractivity contribution is 6.27. The van der Waals surface area contributed by atoms with E-state index in [1.54, 1.807) is 11.9 Å². The fraction of sp³-hybridized carbons (Fsp3) is 0.750. The topological polar surface area (TPSA) is 60.9 Å². The summed E-state index contributed by atoms with van der Waals surface area (Å²) in [6.07, 6.45) is 0.349. The number of rotatable bonds is 3. The third-order valence-electron chi connectivity index (χ3n) is 2.38. The van der Waals surface area contributed by atoms with Crippen LogP contribution in [0, 0.1) is 0 Å². The summed E-state index contributed by atoms with van der Waals surface area (Å²) < 4.78 is 0. The summed E-state index contributed by atoms with van der Waals surface area (Å²) in [5, 5.41) is 8.86. The molecule has 5 nitrogen and oxygen atoms in total. The van der Waals surface area contributed by atoms with Crippen molar-refractivity contribution in [2.75, 3.05) is 33.4 Å². The van der Waals surface area contributed by atoms with Crippen LogP contribution in [-0.2, 0) is 9.59 Å². The van der Waals surface area contributed by atoms with E-state index in [1.807, 2.05) is 4.90 Å². The zero-order valence-corrected chi connectivity index (χ0v) is 7.64. The van der Waals surface area contributed by atoms with Crippen molar-refractivity contribution in [1.82, 2.24) is 9.80 Å². The summed E-state index contributed by atoms with van der Waals surface area (Å²) in [4.78, 5) is 25.0. The van der Waals surface area contributed by atoms with Gasteiger partial charge in [-0.1, -0.05) is 0 Å². The number of ketones is 1. The number of aldehydes is 1. The molecule has 0 aromatic heterocycles. The number of hydrogen-bond donors (Lipinski definition) is 1. The molecule has 0 aromatic carbocycles. The van der Waals surface area contributed by atoms with Crippen LogP contribution in [0.5, 0.6) is 0 Å². The van der Waals surface area contributed by atoms with Crippen molar-refractivity contribution in [1.29, 1.82) is 0 Å². The lowest BCUT2D eigenvalue weighted by molar-refractivity contribution is -0.135. The van der Waals surface area contributed by atoms with E-state index in [2.05, 4.69) is 0 Å². The average Bonchev–Trinajstić information content (AvgIpc) is 2.17. The summed E-state index contributed by atoms with van der Waals surface area (Å²) in [7, 11) is 1.81. The average molecular weight is 186 g/mol. The maximum absolute atomic E-state index is 11.1. The molecule has 1 rings (SSSR count). The Morgan fingerprint density at radius 2 is 2.31 bits per heavy atom. The van der Waals surface area contributed by atoms with Gasteiger partial charge in [0.25, 0.3) is 0 Å². The number of likely N-dealkylation sites (N-methyl/N-ethyl adjacent to an activating group) is 1. The molecule has 74 valence electrons. The van der Waals surface area contributed by atoms with Crippen LogP contribution < -0.4 is 0 Å². The molecule has 0 amide bonds. The van der Waals surface area contributed by atoms with Gasteiger partial charge in [0, 0.05) is 19.6 Å². The Bertz CT molecular complexity index is 208. The monoisotopic (exact) mass is 186 g/mol. The molecule has 1 aliphatic rings.